The van der Waals surface area contributed by atoms with E-state index in [0.717, 1.165) is 24.7 Å². The number of rotatable bonds is 5. The summed E-state index contributed by atoms with van der Waals surface area (Å²) in [5.41, 5.74) is 2.86. The molecule has 2 heterocycles. The molecular formula is C17H26N2O. The molecule has 1 saturated heterocycles. The Morgan fingerprint density at radius 3 is 3.10 bits per heavy atom. The minimum absolute atomic E-state index is 0.858. The van der Waals surface area contributed by atoms with Gasteiger partial charge in [0.2, 0.25) is 0 Å². The number of hydrogen-bond acceptors (Lipinski definition) is 3. The van der Waals surface area contributed by atoms with Gasteiger partial charge in [0.15, 0.2) is 0 Å². The molecule has 1 fully saturated rings. The van der Waals surface area contributed by atoms with Crippen molar-refractivity contribution in [1.82, 2.24) is 9.80 Å². The molecule has 0 spiro atoms. The van der Waals surface area contributed by atoms with Crippen LogP contribution in [0.3, 0.4) is 0 Å². The molecule has 0 aliphatic carbocycles. The Kier molecular flexibility index (Phi) is 4.27. The van der Waals surface area contributed by atoms with E-state index in [1.165, 1.54) is 50.1 Å². The molecule has 3 heteroatoms. The minimum Gasteiger partial charge on any atom is -0.493 e. The first-order valence-corrected chi connectivity index (χ1v) is 7.82. The lowest BCUT2D eigenvalue weighted by atomic mass is 10.1. The first kappa shape index (κ1) is 13.9. The SMILES string of the molecule is CN(C)C[C@H]1CCN(CCc2ccc3c(c2)CCO3)C1. The quantitative estimate of drug-likeness (QED) is 0.817. The predicted octanol–water partition coefficient (Wildman–Crippen LogP) is 2.05. The average molecular weight is 274 g/mol. The van der Waals surface area contributed by atoms with Crippen LogP contribution in [0.15, 0.2) is 18.2 Å². The van der Waals surface area contributed by atoms with Gasteiger partial charge < -0.3 is 14.5 Å². The molecule has 2 aliphatic heterocycles. The summed E-state index contributed by atoms with van der Waals surface area (Å²) in [5.74, 6) is 1.96. The highest BCUT2D eigenvalue weighted by molar-refractivity contribution is 5.39. The predicted molar refractivity (Wildman–Crippen MR) is 82.4 cm³/mol. The lowest BCUT2D eigenvalue weighted by Crippen LogP contribution is -2.27. The third-order valence-corrected chi connectivity index (χ3v) is 4.46. The summed E-state index contributed by atoms with van der Waals surface area (Å²) in [7, 11) is 4.35. The Labute approximate surface area is 122 Å². The summed E-state index contributed by atoms with van der Waals surface area (Å²) in [6.07, 6.45) is 3.61. The Morgan fingerprint density at radius 1 is 1.35 bits per heavy atom. The molecule has 0 aromatic heterocycles. The molecule has 110 valence electrons. The molecule has 0 N–H and O–H groups in total. The zero-order valence-electron chi connectivity index (χ0n) is 12.8. The van der Waals surface area contributed by atoms with Gasteiger partial charge in [-0.15, -0.1) is 0 Å². The highest BCUT2D eigenvalue weighted by Crippen LogP contribution is 2.26. The molecule has 1 aromatic rings. The second kappa shape index (κ2) is 6.15. The summed E-state index contributed by atoms with van der Waals surface area (Å²) in [5, 5.41) is 0. The third-order valence-electron chi connectivity index (χ3n) is 4.46. The average Bonchev–Trinajstić information content (AvgIpc) is 3.03. The Balaban J connectivity index is 1.48. The summed E-state index contributed by atoms with van der Waals surface area (Å²) >= 11 is 0. The number of nitrogens with zero attached hydrogens (tertiary/aromatic N) is 2. The first-order chi connectivity index (χ1) is 9.70. The zero-order chi connectivity index (χ0) is 13.9. The van der Waals surface area contributed by atoms with Crippen molar-refractivity contribution >= 4 is 0 Å². The molecule has 20 heavy (non-hydrogen) atoms. The highest BCUT2D eigenvalue weighted by Gasteiger charge is 2.22. The van der Waals surface area contributed by atoms with Gasteiger partial charge in [-0.25, -0.2) is 0 Å². The molecule has 3 nitrogen and oxygen atoms in total. The van der Waals surface area contributed by atoms with Crippen LogP contribution in [0.25, 0.3) is 0 Å². The van der Waals surface area contributed by atoms with Crippen molar-refractivity contribution in [2.45, 2.75) is 19.3 Å². The van der Waals surface area contributed by atoms with Gasteiger partial charge in [-0.05, 0) is 56.6 Å². The van der Waals surface area contributed by atoms with Crippen LogP contribution in [0.5, 0.6) is 5.75 Å². The van der Waals surface area contributed by atoms with Crippen LogP contribution in [0, 0.1) is 5.92 Å². The van der Waals surface area contributed by atoms with E-state index in [-0.39, 0.29) is 0 Å². The monoisotopic (exact) mass is 274 g/mol. The molecule has 0 amide bonds. The number of fused-ring (bicyclic) bond motifs is 1. The molecular weight excluding hydrogens is 248 g/mol. The second-order valence-electron chi connectivity index (χ2n) is 6.51. The van der Waals surface area contributed by atoms with Crippen molar-refractivity contribution in [3.8, 4) is 5.75 Å². The van der Waals surface area contributed by atoms with Crippen molar-refractivity contribution in [3.63, 3.8) is 0 Å². The van der Waals surface area contributed by atoms with Crippen molar-refractivity contribution in [3.05, 3.63) is 29.3 Å². The zero-order valence-corrected chi connectivity index (χ0v) is 12.8. The Hall–Kier alpha value is -1.06. The highest BCUT2D eigenvalue weighted by atomic mass is 16.5. The standard InChI is InChI=1S/C17H26N2O/c1-18(2)12-15-6-9-19(13-15)8-5-14-3-4-17-16(11-14)7-10-20-17/h3-4,11,15H,5-10,12-13H2,1-2H3/t15-/m1/s1. The van der Waals surface area contributed by atoms with E-state index < -0.39 is 0 Å². The van der Waals surface area contributed by atoms with Gasteiger partial charge in [0, 0.05) is 26.1 Å². The van der Waals surface area contributed by atoms with E-state index in [1.54, 1.807) is 0 Å². The molecule has 0 saturated carbocycles. The van der Waals surface area contributed by atoms with E-state index in [1.807, 2.05) is 0 Å². The van der Waals surface area contributed by atoms with Crippen LogP contribution in [0.2, 0.25) is 0 Å². The third kappa shape index (κ3) is 3.33. The minimum atomic E-state index is 0.858. The molecule has 1 atom stereocenters. The van der Waals surface area contributed by atoms with E-state index >= 15 is 0 Å². The van der Waals surface area contributed by atoms with Crippen LogP contribution in [0.1, 0.15) is 17.5 Å². The molecule has 3 rings (SSSR count). The number of likely N-dealkylation sites (tertiary alicyclic amines) is 1. The maximum absolute atomic E-state index is 5.57. The topological polar surface area (TPSA) is 15.7 Å². The largest absolute Gasteiger partial charge is 0.493 e. The van der Waals surface area contributed by atoms with Crippen LogP contribution in [-0.2, 0) is 12.8 Å². The van der Waals surface area contributed by atoms with Crippen molar-refractivity contribution in [2.75, 3.05) is 46.9 Å². The van der Waals surface area contributed by atoms with Gasteiger partial charge in [-0.2, -0.15) is 0 Å². The summed E-state index contributed by atoms with van der Waals surface area (Å²) < 4.78 is 5.57. The van der Waals surface area contributed by atoms with Crippen molar-refractivity contribution in [2.24, 2.45) is 5.92 Å². The lowest BCUT2D eigenvalue weighted by Gasteiger charge is -2.18. The Bertz CT molecular complexity index is 458. The van der Waals surface area contributed by atoms with E-state index in [2.05, 4.69) is 42.1 Å². The molecule has 2 aliphatic rings. The van der Waals surface area contributed by atoms with Crippen molar-refractivity contribution < 1.29 is 4.74 Å². The van der Waals surface area contributed by atoms with Gasteiger partial charge in [0.05, 0.1) is 6.61 Å². The fourth-order valence-electron chi connectivity index (χ4n) is 3.46. The summed E-state index contributed by atoms with van der Waals surface area (Å²) in [6.45, 7) is 5.83. The number of hydrogen-bond donors (Lipinski definition) is 0. The number of benzene rings is 1. The van der Waals surface area contributed by atoms with Gasteiger partial charge >= 0.3 is 0 Å². The molecule has 0 unspecified atom stereocenters. The maximum atomic E-state index is 5.57. The molecule has 1 aromatic carbocycles. The maximum Gasteiger partial charge on any atom is 0.122 e. The normalized spacial score (nSPS) is 22.2. The number of ether oxygens (including phenoxy) is 1. The van der Waals surface area contributed by atoms with E-state index in [0.29, 0.717) is 0 Å². The van der Waals surface area contributed by atoms with Crippen LogP contribution in [0.4, 0.5) is 0 Å². The molecule has 0 bridgehead atoms. The summed E-state index contributed by atoms with van der Waals surface area (Å²) in [6, 6.07) is 6.73. The van der Waals surface area contributed by atoms with Crippen LogP contribution < -0.4 is 4.74 Å². The van der Waals surface area contributed by atoms with Crippen LogP contribution in [-0.4, -0.2) is 56.7 Å². The Morgan fingerprint density at radius 2 is 2.25 bits per heavy atom. The smallest absolute Gasteiger partial charge is 0.122 e. The molecule has 0 radical (unpaired) electrons. The van der Waals surface area contributed by atoms with Gasteiger partial charge in [0.1, 0.15) is 5.75 Å². The van der Waals surface area contributed by atoms with E-state index in [9.17, 15) is 0 Å². The summed E-state index contributed by atoms with van der Waals surface area (Å²) in [4.78, 5) is 4.94. The first-order valence-electron chi connectivity index (χ1n) is 7.82. The van der Waals surface area contributed by atoms with Gasteiger partial charge in [0.25, 0.3) is 0 Å². The fraction of sp³-hybridized carbons (Fsp3) is 0.647. The second-order valence-corrected chi connectivity index (χ2v) is 6.51. The van der Waals surface area contributed by atoms with Gasteiger partial charge in [-0.3, -0.25) is 0 Å². The fourth-order valence-corrected chi connectivity index (χ4v) is 3.46. The van der Waals surface area contributed by atoms with Gasteiger partial charge in [-0.1, -0.05) is 12.1 Å². The lowest BCUT2D eigenvalue weighted by molar-refractivity contribution is 0.293. The van der Waals surface area contributed by atoms with E-state index in [4.69, 9.17) is 4.74 Å². The van der Waals surface area contributed by atoms with Crippen LogP contribution >= 0.6 is 0 Å². The van der Waals surface area contributed by atoms with Crippen molar-refractivity contribution in [1.29, 1.82) is 0 Å².